The van der Waals surface area contributed by atoms with Crippen molar-refractivity contribution >= 4 is 5.96 Å². The number of benzene rings is 1. The number of aliphatic hydroxyl groups is 1. The topological polar surface area (TPSA) is 78.4 Å². The highest BCUT2D eigenvalue weighted by Gasteiger charge is 2.23. The van der Waals surface area contributed by atoms with Crippen LogP contribution in [0.15, 0.2) is 29.3 Å². The maximum absolute atomic E-state index is 10.1. The molecule has 1 heterocycles. The van der Waals surface area contributed by atoms with E-state index in [-0.39, 0.29) is 6.04 Å². The van der Waals surface area contributed by atoms with Gasteiger partial charge in [0.05, 0.1) is 32.4 Å². The molecule has 170 valence electrons. The molecule has 2 atom stereocenters. The van der Waals surface area contributed by atoms with Gasteiger partial charge < -0.3 is 25.2 Å². The molecule has 0 aliphatic carbocycles. The van der Waals surface area contributed by atoms with Crippen LogP contribution in [-0.4, -0.2) is 75.1 Å². The van der Waals surface area contributed by atoms with Crippen molar-refractivity contribution in [1.82, 2.24) is 15.5 Å². The van der Waals surface area contributed by atoms with E-state index in [1.807, 2.05) is 19.1 Å². The second-order valence-electron chi connectivity index (χ2n) is 8.22. The fourth-order valence-electron chi connectivity index (χ4n) is 3.56. The van der Waals surface area contributed by atoms with E-state index >= 15 is 0 Å². The molecule has 30 heavy (non-hydrogen) atoms. The Morgan fingerprint density at radius 3 is 2.43 bits per heavy atom. The highest BCUT2D eigenvalue weighted by molar-refractivity contribution is 5.79. The van der Waals surface area contributed by atoms with Gasteiger partial charge in [-0.1, -0.05) is 26.0 Å². The van der Waals surface area contributed by atoms with Crippen molar-refractivity contribution in [3.05, 3.63) is 29.8 Å². The van der Waals surface area contributed by atoms with E-state index < -0.39 is 6.10 Å². The average molecular weight is 421 g/mol. The molecular weight excluding hydrogens is 380 g/mol. The largest absolute Gasteiger partial charge is 0.497 e. The van der Waals surface area contributed by atoms with Crippen LogP contribution in [0.1, 0.15) is 45.2 Å². The molecule has 1 aliphatic rings. The Morgan fingerprint density at radius 2 is 1.83 bits per heavy atom. The predicted molar refractivity (Wildman–Crippen MR) is 122 cm³/mol. The molecular formula is C23H40N4O3. The zero-order chi connectivity index (χ0) is 21.8. The Kier molecular flexibility index (Phi) is 11.0. The van der Waals surface area contributed by atoms with Crippen LogP contribution >= 0.6 is 0 Å². The van der Waals surface area contributed by atoms with Gasteiger partial charge in [0.25, 0.3) is 0 Å². The van der Waals surface area contributed by atoms with Crippen molar-refractivity contribution in [1.29, 1.82) is 0 Å². The predicted octanol–water partition coefficient (Wildman–Crippen LogP) is 2.42. The van der Waals surface area contributed by atoms with Crippen molar-refractivity contribution in [3.8, 4) is 5.75 Å². The number of likely N-dealkylation sites (tertiary alicyclic amines) is 1. The summed E-state index contributed by atoms with van der Waals surface area (Å²) in [5.41, 5.74) is 1.27. The fraction of sp³-hybridized carbons (Fsp3) is 0.696. The summed E-state index contributed by atoms with van der Waals surface area (Å²) < 4.78 is 10.8. The maximum atomic E-state index is 10.1. The highest BCUT2D eigenvalue weighted by atomic mass is 16.5. The summed E-state index contributed by atoms with van der Waals surface area (Å²) in [5, 5.41) is 16.9. The number of nitrogens with zero attached hydrogens (tertiary/aromatic N) is 2. The van der Waals surface area contributed by atoms with E-state index in [4.69, 9.17) is 9.47 Å². The maximum Gasteiger partial charge on any atom is 0.191 e. The second-order valence-corrected chi connectivity index (χ2v) is 8.22. The molecule has 3 N–H and O–H groups in total. The molecule has 1 aromatic rings. The molecule has 1 fully saturated rings. The van der Waals surface area contributed by atoms with Gasteiger partial charge in [-0.15, -0.1) is 0 Å². The zero-order valence-corrected chi connectivity index (χ0v) is 19.1. The summed E-state index contributed by atoms with van der Waals surface area (Å²) in [5.74, 6) is 2.05. The number of hydrogen-bond acceptors (Lipinski definition) is 5. The molecule has 2 unspecified atom stereocenters. The van der Waals surface area contributed by atoms with E-state index in [1.165, 1.54) is 18.4 Å². The molecule has 7 heteroatoms. The van der Waals surface area contributed by atoms with E-state index in [0.717, 1.165) is 37.9 Å². The second kappa shape index (κ2) is 13.5. The molecule has 0 saturated carbocycles. The Labute approximate surface area is 181 Å². The van der Waals surface area contributed by atoms with Gasteiger partial charge in [-0.05, 0) is 56.5 Å². The van der Waals surface area contributed by atoms with Crippen LogP contribution in [0.4, 0.5) is 0 Å². The summed E-state index contributed by atoms with van der Waals surface area (Å²) in [6.07, 6.45) is 1.88. The Bertz CT molecular complexity index is 615. The van der Waals surface area contributed by atoms with Crippen LogP contribution in [-0.2, 0) is 4.74 Å². The van der Waals surface area contributed by atoms with Gasteiger partial charge in [0.1, 0.15) is 5.75 Å². The van der Waals surface area contributed by atoms with Crippen LogP contribution in [0.25, 0.3) is 0 Å². The molecule has 0 spiro atoms. The van der Waals surface area contributed by atoms with E-state index in [0.29, 0.717) is 25.7 Å². The highest BCUT2D eigenvalue weighted by Crippen LogP contribution is 2.26. The normalized spacial score (nSPS) is 17.2. The molecule has 0 amide bonds. The smallest absolute Gasteiger partial charge is 0.191 e. The van der Waals surface area contributed by atoms with Crippen LogP contribution in [0.2, 0.25) is 0 Å². The first-order valence-corrected chi connectivity index (χ1v) is 11.2. The SMILES string of the molecule is CCNC(=NCC(O)COCC(C)C)NCC(c1ccc(OC)cc1)N1CCCC1. The first-order chi connectivity index (χ1) is 14.5. The van der Waals surface area contributed by atoms with Gasteiger partial charge in [0, 0.05) is 19.7 Å². The van der Waals surface area contributed by atoms with Gasteiger partial charge in [0.15, 0.2) is 5.96 Å². The minimum absolute atomic E-state index is 0.265. The van der Waals surface area contributed by atoms with Gasteiger partial charge in [0.2, 0.25) is 0 Å². The minimum Gasteiger partial charge on any atom is -0.497 e. The number of aliphatic hydroxyl groups excluding tert-OH is 1. The molecule has 2 rings (SSSR count). The Morgan fingerprint density at radius 1 is 1.13 bits per heavy atom. The molecule has 0 radical (unpaired) electrons. The summed E-state index contributed by atoms with van der Waals surface area (Å²) in [4.78, 5) is 7.08. The third kappa shape index (κ3) is 8.50. The van der Waals surface area contributed by atoms with Gasteiger partial charge in [-0.3, -0.25) is 9.89 Å². The molecule has 7 nitrogen and oxygen atoms in total. The van der Waals surface area contributed by atoms with Crippen LogP contribution < -0.4 is 15.4 Å². The van der Waals surface area contributed by atoms with E-state index in [1.54, 1.807) is 7.11 Å². The van der Waals surface area contributed by atoms with Gasteiger partial charge in [-0.25, -0.2) is 0 Å². The molecule has 0 bridgehead atoms. The van der Waals surface area contributed by atoms with E-state index in [2.05, 4.69) is 46.5 Å². The number of aliphatic imine (C=N–C) groups is 1. The quantitative estimate of drug-likeness (QED) is 0.356. The lowest BCUT2D eigenvalue weighted by atomic mass is 10.1. The molecule has 1 saturated heterocycles. The molecule has 0 aromatic heterocycles. The number of guanidine groups is 1. The summed E-state index contributed by atoms with van der Waals surface area (Å²) in [6.45, 7) is 11.2. The van der Waals surface area contributed by atoms with Gasteiger partial charge >= 0.3 is 0 Å². The lowest BCUT2D eigenvalue weighted by molar-refractivity contribution is 0.0301. The zero-order valence-electron chi connectivity index (χ0n) is 19.1. The average Bonchev–Trinajstić information content (AvgIpc) is 3.26. The van der Waals surface area contributed by atoms with Crippen molar-refractivity contribution in [3.63, 3.8) is 0 Å². The van der Waals surface area contributed by atoms with Crippen molar-refractivity contribution < 1.29 is 14.6 Å². The lowest BCUT2D eigenvalue weighted by Gasteiger charge is -2.29. The summed E-state index contributed by atoms with van der Waals surface area (Å²) in [6, 6.07) is 8.59. The summed E-state index contributed by atoms with van der Waals surface area (Å²) >= 11 is 0. The number of hydrogen-bond donors (Lipinski definition) is 3. The van der Waals surface area contributed by atoms with Crippen molar-refractivity contribution in [2.45, 2.75) is 45.8 Å². The first-order valence-electron chi connectivity index (χ1n) is 11.2. The Balaban J connectivity index is 1.96. The van der Waals surface area contributed by atoms with Crippen LogP contribution in [0.5, 0.6) is 5.75 Å². The Hall–Kier alpha value is -1.83. The monoisotopic (exact) mass is 420 g/mol. The van der Waals surface area contributed by atoms with Crippen LogP contribution in [0.3, 0.4) is 0 Å². The standard InChI is InChI=1S/C23H40N4O3/c1-5-24-23(25-14-20(28)17-30-16-18(2)3)26-15-22(27-12-6-7-13-27)19-8-10-21(29-4)11-9-19/h8-11,18,20,22,28H,5-7,12-17H2,1-4H3,(H2,24,25,26). The molecule has 1 aliphatic heterocycles. The van der Waals surface area contributed by atoms with Crippen LogP contribution in [0, 0.1) is 5.92 Å². The number of nitrogens with one attached hydrogen (secondary N) is 2. The van der Waals surface area contributed by atoms with E-state index in [9.17, 15) is 5.11 Å². The van der Waals surface area contributed by atoms with Gasteiger partial charge in [-0.2, -0.15) is 0 Å². The third-order valence-corrected chi connectivity index (χ3v) is 5.11. The minimum atomic E-state index is -0.602. The number of methoxy groups -OCH3 is 1. The summed E-state index contributed by atoms with van der Waals surface area (Å²) in [7, 11) is 1.69. The number of ether oxygens (including phenoxy) is 2. The first kappa shape index (κ1) is 24.4. The van der Waals surface area contributed by atoms with Crippen molar-refractivity contribution in [2.75, 3.05) is 53.0 Å². The molecule has 1 aromatic carbocycles. The lowest BCUT2D eigenvalue weighted by Crippen LogP contribution is -2.43. The fourth-order valence-corrected chi connectivity index (χ4v) is 3.56. The van der Waals surface area contributed by atoms with Crippen molar-refractivity contribution in [2.24, 2.45) is 10.9 Å². The number of rotatable bonds is 12. The third-order valence-electron chi connectivity index (χ3n) is 5.11.